The quantitative estimate of drug-likeness (QED) is 0.634. The number of aryl methyl sites for hydroxylation is 2. The summed E-state index contributed by atoms with van der Waals surface area (Å²) >= 11 is 0. The monoisotopic (exact) mass is 355 g/mol. The van der Waals surface area contributed by atoms with E-state index in [4.69, 9.17) is 4.98 Å². The van der Waals surface area contributed by atoms with Crippen LogP contribution in [0.1, 0.15) is 29.8 Å². The Morgan fingerprint density at radius 1 is 0.815 bits per heavy atom. The van der Waals surface area contributed by atoms with E-state index in [9.17, 15) is 0 Å². The number of imidazole rings is 1. The zero-order valence-electron chi connectivity index (χ0n) is 15.9. The molecule has 3 heteroatoms. The molecule has 136 valence electrons. The third-order valence-electron chi connectivity index (χ3n) is 5.92. The zero-order valence-corrected chi connectivity index (χ0v) is 15.9. The molecule has 1 saturated heterocycles. The van der Waals surface area contributed by atoms with Gasteiger partial charge < -0.3 is 9.47 Å². The van der Waals surface area contributed by atoms with E-state index in [-0.39, 0.29) is 0 Å². The predicted octanol–water partition coefficient (Wildman–Crippen LogP) is 4.63. The first-order chi connectivity index (χ1) is 13.3. The molecule has 3 heterocycles. The predicted molar refractivity (Wildman–Crippen MR) is 111 cm³/mol. The smallest absolute Gasteiger partial charge is 0.141 e. The second-order valence-corrected chi connectivity index (χ2v) is 7.70. The maximum absolute atomic E-state index is 5.15. The molecule has 27 heavy (non-hydrogen) atoms. The summed E-state index contributed by atoms with van der Waals surface area (Å²) in [6.07, 6.45) is 5.57. The van der Waals surface area contributed by atoms with Crippen LogP contribution in [0.15, 0.2) is 66.4 Å². The molecule has 0 amide bonds. The van der Waals surface area contributed by atoms with Crippen LogP contribution in [0.3, 0.4) is 0 Å². The normalized spacial score (nSPS) is 17.4. The summed E-state index contributed by atoms with van der Waals surface area (Å²) in [4.78, 5) is 7.57. The highest BCUT2D eigenvalue weighted by Crippen LogP contribution is 2.37. The zero-order chi connectivity index (χ0) is 18.2. The Morgan fingerprint density at radius 2 is 1.56 bits per heavy atom. The lowest BCUT2D eigenvalue weighted by molar-refractivity contribution is 0.313. The van der Waals surface area contributed by atoms with Crippen molar-refractivity contribution < 1.29 is 0 Å². The number of nitrogens with zero attached hydrogens (tertiary/aromatic N) is 3. The van der Waals surface area contributed by atoms with Crippen LogP contribution < -0.4 is 0 Å². The largest absolute Gasteiger partial charge is 0.330 e. The molecule has 0 N–H and O–H groups in total. The second-order valence-electron chi connectivity index (χ2n) is 7.70. The third-order valence-corrected chi connectivity index (χ3v) is 5.92. The molecule has 3 aromatic rings. The third kappa shape index (κ3) is 3.02. The van der Waals surface area contributed by atoms with Gasteiger partial charge in [0.1, 0.15) is 5.82 Å². The summed E-state index contributed by atoms with van der Waals surface area (Å²) in [6.45, 7) is 3.25. The Balaban J connectivity index is 1.69. The van der Waals surface area contributed by atoms with E-state index in [1.165, 1.54) is 22.3 Å². The Morgan fingerprint density at radius 3 is 2.37 bits per heavy atom. The van der Waals surface area contributed by atoms with Crippen LogP contribution >= 0.6 is 0 Å². The number of hydrogen-bond donors (Lipinski definition) is 0. The van der Waals surface area contributed by atoms with E-state index in [1.807, 2.05) is 0 Å². The molecule has 3 nitrogen and oxygen atoms in total. The van der Waals surface area contributed by atoms with Gasteiger partial charge in [-0.15, -0.1) is 0 Å². The van der Waals surface area contributed by atoms with Crippen molar-refractivity contribution in [2.45, 2.75) is 25.8 Å². The average molecular weight is 355 g/mol. The summed E-state index contributed by atoms with van der Waals surface area (Å²) < 4.78 is 2.38. The highest BCUT2D eigenvalue weighted by molar-refractivity contribution is 5.82. The molecule has 1 fully saturated rings. The van der Waals surface area contributed by atoms with Crippen molar-refractivity contribution in [3.8, 4) is 11.3 Å². The van der Waals surface area contributed by atoms with Gasteiger partial charge in [0.05, 0.1) is 5.69 Å². The number of hydrogen-bond acceptors (Lipinski definition) is 2. The van der Waals surface area contributed by atoms with E-state index in [2.05, 4.69) is 77.3 Å². The Labute approximate surface area is 161 Å². The number of fused-ring (bicyclic) bond motifs is 2. The number of benzene rings is 2. The van der Waals surface area contributed by atoms with Gasteiger partial charge in [0.2, 0.25) is 0 Å². The van der Waals surface area contributed by atoms with Crippen molar-refractivity contribution in [3.05, 3.63) is 83.3 Å². The maximum Gasteiger partial charge on any atom is 0.141 e. The SMILES string of the molecule is CN1CCC(=C2c3ccccc3CCn3cc(-c4ccccc4)nc32)CC1. The molecule has 0 spiro atoms. The fraction of sp³-hybridized carbons (Fsp3) is 0.292. The topological polar surface area (TPSA) is 21.1 Å². The maximum atomic E-state index is 5.15. The lowest BCUT2D eigenvalue weighted by atomic mass is 9.90. The summed E-state index contributed by atoms with van der Waals surface area (Å²) in [5.41, 5.74) is 8.06. The van der Waals surface area contributed by atoms with Crippen molar-refractivity contribution in [2.24, 2.45) is 0 Å². The van der Waals surface area contributed by atoms with Gasteiger partial charge in [-0.25, -0.2) is 4.98 Å². The summed E-state index contributed by atoms with van der Waals surface area (Å²) in [5, 5.41) is 0. The lowest BCUT2D eigenvalue weighted by Crippen LogP contribution is -2.27. The molecule has 0 atom stereocenters. The van der Waals surface area contributed by atoms with Crippen LogP contribution in [0.4, 0.5) is 0 Å². The molecule has 1 aromatic heterocycles. The van der Waals surface area contributed by atoms with Gasteiger partial charge in [-0.3, -0.25) is 0 Å². The molecule has 0 radical (unpaired) electrons. The van der Waals surface area contributed by atoms with Crippen molar-refractivity contribution in [1.82, 2.24) is 14.5 Å². The van der Waals surface area contributed by atoms with Crippen molar-refractivity contribution in [2.75, 3.05) is 20.1 Å². The van der Waals surface area contributed by atoms with Gasteiger partial charge >= 0.3 is 0 Å². The fourth-order valence-corrected chi connectivity index (χ4v) is 4.36. The van der Waals surface area contributed by atoms with Crippen molar-refractivity contribution in [1.29, 1.82) is 0 Å². The van der Waals surface area contributed by atoms with Gasteiger partial charge in [0.15, 0.2) is 0 Å². The molecule has 0 bridgehead atoms. The van der Waals surface area contributed by atoms with Gasteiger partial charge in [0.25, 0.3) is 0 Å². The van der Waals surface area contributed by atoms with E-state index >= 15 is 0 Å². The van der Waals surface area contributed by atoms with E-state index in [0.717, 1.165) is 50.4 Å². The second kappa shape index (κ2) is 6.82. The number of aromatic nitrogens is 2. The highest BCUT2D eigenvalue weighted by Gasteiger charge is 2.25. The minimum absolute atomic E-state index is 0.989. The van der Waals surface area contributed by atoms with Crippen molar-refractivity contribution in [3.63, 3.8) is 0 Å². The molecule has 2 aromatic carbocycles. The average Bonchev–Trinajstić information content (AvgIpc) is 3.07. The lowest BCUT2D eigenvalue weighted by Gasteiger charge is -2.26. The molecule has 0 aliphatic carbocycles. The molecular weight excluding hydrogens is 330 g/mol. The van der Waals surface area contributed by atoms with Crippen LogP contribution in [0, 0.1) is 0 Å². The molecular formula is C24H25N3. The van der Waals surface area contributed by atoms with Gasteiger partial charge in [-0.1, -0.05) is 60.2 Å². The summed E-state index contributed by atoms with van der Waals surface area (Å²) in [7, 11) is 2.22. The number of piperidine rings is 1. The van der Waals surface area contributed by atoms with Crippen molar-refractivity contribution >= 4 is 5.57 Å². The highest BCUT2D eigenvalue weighted by atomic mass is 15.1. The van der Waals surface area contributed by atoms with Gasteiger partial charge in [-0.05, 0) is 37.4 Å². The molecule has 5 rings (SSSR count). The molecule has 0 unspecified atom stereocenters. The van der Waals surface area contributed by atoms with E-state index < -0.39 is 0 Å². The van der Waals surface area contributed by atoms with Gasteiger partial charge in [0, 0.05) is 37.0 Å². The van der Waals surface area contributed by atoms with Crippen LogP contribution in [-0.2, 0) is 13.0 Å². The van der Waals surface area contributed by atoms with Crippen LogP contribution in [0.25, 0.3) is 16.8 Å². The number of likely N-dealkylation sites (tertiary alicyclic amines) is 1. The summed E-state index contributed by atoms with van der Waals surface area (Å²) in [6, 6.07) is 19.5. The molecule has 0 saturated carbocycles. The first kappa shape index (κ1) is 16.5. The fourth-order valence-electron chi connectivity index (χ4n) is 4.36. The number of rotatable bonds is 1. The van der Waals surface area contributed by atoms with Gasteiger partial charge in [-0.2, -0.15) is 0 Å². The molecule has 2 aliphatic heterocycles. The first-order valence-corrected chi connectivity index (χ1v) is 9.91. The Hall–Kier alpha value is -2.65. The Bertz CT molecular complexity index is 987. The minimum atomic E-state index is 0.989. The van der Waals surface area contributed by atoms with Crippen LogP contribution in [0.5, 0.6) is 0 Å². The molecule has 2 aliphatic rings. The first-order valence-electron chi connectivity index (χ1n) is 9.91. The van der Waals surface area contributed by atoms with Crippen LogP contribution in [-0.4, -0.2) is 34.6 Å². The standard InChI is InChI=1S/C24H25N3/c1-26-14-11-20(12-15-26)23-21-10-6-5-7-18(21)13-16-27-17-22(25-24(23)27)19-8-3-2-4-9-19/h2-10,17H,11-16H2,1H3. The Kier molecular flexibility index (Phi) is 4.17. The van der Waals surface area contributed by atoms with Crippen LogP contribution in [0.2, 0.25) is 0 Å². The summed E-state index contributed by atoms with van der Waals surface area (Å²) in [5.74, 6) is 1.15. The van der Waals surface area contributed by atoms with E-state index in [0.29, 0.717) is 0 Å². The minimum Gasteiger partial charge on any atom is -0.330 e. The van der Waals surface area contributed by atoms with E-state index in [1.54, 1.807) is 5.57 Å².